The van der Waals surface area contributed by atoms with Crippen LogP contribution in [0, 0.1) is 0 Å². The lowest BCUT2D eigenvalue weighted by atomic mass is 10.0. The van der Waals surface area contributed by atoms with E-state index >= 15 is 0 Å². The summed E-state index contributed by atoms with van der Waals surface area (Å²) in [5.74, 6) is 0. The van der Waals surface area contributed by atoms with E-state index in [9.17, 15) is 13.2 Å². The Hall–Kier alpha value is -2.52. The average Bonchev–Trinajstić information content (AvgIpc) is 3.16. The predicted molar refractivity (Wildman–Crippen MR) is 119 cm³/mol. The quantitative estimate of drug-likeness (QED) is 0.517. The van der Waals surface area contributed by atoms with Crippen molar-refractivity contribution in [2.45, 2.75) is 24.7 Å². The van der Waals surface area contributed by atoms with Crippen molar-refractivity contribution in [1.29, 1.82) is 0 Å². The number of sulfonamides is 1. The van der Waals surface area contributed by atoms with Gasteiger partial charge in [0.1, 0.15) is 0 Å². The van der Waals surface area contributed by atoms with Gasteiger partial charge in [0.2, 0.25) is 0 Å². The SMILES string of the molecule is CCCN(N1CCOCC1)S(=O)(=O)c1ccc2c(c1)Cc1c-2[nH]c(=O)c2ccccc12. The molecule has 1 aliphatic heterocycles. The molecule has 2 heterocycles. The van der Waals surface area contributed by atoms with Crippen LogP contribution < -0.4 is 5.56 Å². The van der Waals surface area contributed by atoms with Gasteiger partial charge in [-0.25, -0.2) is 13.4 Å². The molecule has 5 rings (SSSR count). The largest absolute Gasteiger partial charge is 0.379 e. The molecule has 1 aliphatic carbocycles. The number of benzene rings is 2. The molecule has 0 radical (unpaired) electrons. The van der Waals surface area contributed by atoms with Crippen LogP contribution in [0.15, 0.2) is 52.2 Å². The number of nitrogens with one attached hydrogen (secondary N) is 1. The summed E-state index contributed by atoms with van der Waals surface area (Å²) in [4.78, 5) is 15.8. The van der Waals surface area contributed by atoms with E-state index in [2.05, 4.69) is 4.98 Å². The van der Waals surface area contributed by atoms with Gasteiger partial charge in [-0.2, -0.15) is 0 Å². The van der Waals surface area contributed by atoms with Crippen LogP contribution in [0.1, 0.15) is 24.5 Å². The van der Waals surface area contributed by atoms with Gasteiger partial charge in [0.15, 0.2) is 0 Å². The van der Waals surface area contributed by atoms with E-state index in [4.69, 9.17) is 4.74 Å². The highest BCUT2D eigenvalue weighted by Crippen LogP contribution is 2.39. The van der Waals surface area contributed by atoms with Gasteiger partial charge in [0.05, 0.1) is 23.8 Å². The molecule has 3 aromatic rings. The van der Waals surface area contributed by atoms with Crippen molar-refractivity contribution in [3.63, 3.8) is 0 Å². The van der Waals surface area contributed by atoms with E-state index in [0.29, 0.717) is 44.7 Å². The zero-order valence-corrected chi connectivity index (χ0v) is 18.2. The number of hydrogen-bond donors (Lipinski definition) is 1. The molecule has 31 heavy (non-hydrogen) atoms. The molecule has 1 fully saturated rings. The molecule has 0 amide bonds. The molecule has 2 aliphatic rings. The Labute approximate surface area is 181 Å². The number of pyridine rings is 1. The summed E-state index contributed by atoms with van der Waals surface area (Å²) in [6.07, 6.45) is 1.32. The summed E-state index contributed by atoms with van der Waals surface area (Å²) in [5, 5.41) is 3.45. The molecule has 0 spiro atoms. The maximum absolute atomic E-state index is 13.5. The van der Waals surface area contributed by atoms with E-state index in [-0.39, 0.29) is 10.5 Å². The van der Waals surface area contributed by atoms with Crippen LogP contribution in [0.3, 0.4) is 0 Å². The number of aromatic amines is 1. The normalized spacial score (nSPS) is 16.6. The van der Waals surface area contributed by atoms with E-state index in [1.807, 2.05) is 42.3 Å². The standard InChI is InChI=1S/C23H25N3O4S/c1-2-9-26(25-10-12-30-13-11-25)31(28,29)17-7-8-18-16(14-17)15-21-19-5-3-4-6-20(19)23(27)24-22(18)21/h3-8,14H,2,9-13,15H2,1H3,(H,24,27). The Morgan fingerprint density at radius 1 is 1.10 bits per heavy atom. The summed E-state index contributed by atoms with van der Waals surface area (Å²) in [5.41, 5.74) is 3.52. The Morgan fingerprint density at radius 2 is 1.84 bits per heavy atom. The molecule has 8 heteroatoms. The van der Waals surface area contributed by atoms with Gasteiger partial charge in [-0.15, -0.1) is 4.41 Å². The van der Waals surface area contributed by atoms with Crippen molar-refractivity contribution in [2.75, 3.05) is 32.8 Å². The third-order valence-corrected chi connectivity index (χ3v) is 7.86. The minimum atomic E-state index is -3.69. The van der Waals surface area contributed by atoms with E-state index in [1.54, 1.807) is 12.1 Å². The maximum atomic E-state index is 13.5. The average molecular weight is 440 g/mol. The fourth-order valence-electron chi connectivity index (χ4n) is 4.56. The number of nitrogens with zero attached hydrogens (tertiary/aromatic N) is 2. The first-order valence-electron chi connectivity index (χ1n) is 10.6. The second kappa shape index (κ2) is 7.87. The molecule has 2 aromatic carbocycles. The van der Waals surface area contributed by atoms with Gasteiger partial charge in [-0.3, -0.25) is 4.79 Å². The second-order valence-corrected chi connectivity index (χ2v) is 9.81. The molecule has 7 nitrogen and oxygen atoms in total. The molecule has 0 unspecified atom stereocenters. The van der Waals surface area contributed by atoms with E-state index in [0.717, 1.165) is 34.2 Å². The molecule has 1 saturated heterocycles. The van der Waals surface area contributed by atoms with Crippen LogP contribution in [0.2, 0.25) is 0 Å². The topological polar surface area (TPSA) is 82.7 Å². The first kappa shape index (κ1) is 20.4. The van der Waals surface area contributed by atoms with Crippen LogP contribution in [0.4, 0.5) is 0 Å². The molecular weight excluding hydrogens is 414 g/mol. The van der Waals surface area contributed by atoms with Crippen LogP contribution in [-0.2, 0) is 21.2 Å². The molecule has 162 valence electrons. The van der Waals surface area contributed by atoms with Crippen LogP contribution in [0.25, 0.3) is 22.0 Å². The highest BCUT2D eigenvalue weighted by molar-refractivity contribution is 7.89. The summed E-state index contributed by atoms with van der Waals surface area (Å²) >= 11 is 0. The second-order valence-electron chi connectivity index (χ2n) is 7.97. The lowest BCUT2D eigenvalue weighted by Crippen LogP contribution is -2.51. The van der Waals surface area contributed by atoms with E-state index < -0.39 is 10.0 Å². The fraction of sp³-hybridized carbons (Fsp3) is 0.348. The Bertz CT molecular complexity index is 1310. The zero-order chi connectivity index (χ0) is 21.6. The molecule has 1 N–H and O–H groups in total. The van der Waals surface area contributed by atoms with Crippen LogP contribution in [-0.4, -0.2) is 55.7 Å². The molecular formula is C23H25N3O4S. The summed E-state index contributed by atoms with van der Waals surface area (Å²) in [7, 11) is -3.69. The number of hydrazine groups is 1. The number of fused-ring (bicyclic) bond motifs is 5. The monoisotopic (exact) mass is 439 g/mol. The molecule has 1 aromatic heterocycles. The number of rotatable bonds is 5. The first-order chi connectivity index (χ1) is 15.0. The Morgan fingerprint density at radius 3 is 2.58 bits per heavy atom. The first-order valence-corrected chi connectivity index (χ1v) is 12.1. The molecule has 0 saturated carbocycles. The lowest BCUT2D eigenvalue weighted by Gasteiger charge is -2.36. The molecule has 0 atom stereocenters. The van der Waals surface area contributed by atoms with Crippen molar-refractivity contribution < 1.29 is 13.2 Å². The molecule has 0 bridgehead atoms. The highest BCUT2D eigenvalue weighted by atomic mass is 32.2. The third-order valence-electron chi connectivity index (χ3n) is 6.04. The number of aromatic nitrogens is 1. The van der Waals surface area contributed by atoms with Gasteiger partial charge in [0.25, 0.3) is 15.6 Å². The summed E-state index contributed by atoms with van der Waals surface area (Å²) in [6.45, 7) is 4.57. The maximum Gasteiger partial charge on any atom is 0.256 e. The zero-order valence-electron chi connectivity index (χ0n) is 17.4. The van der Waals surface area contributed by atoms with Gasteiger partial charge >= 0.3 is 0 Å². The minimum Gasteiger partial charge on any atom is -0.379 e. The fourth-order valence-corrected chi connectivity index (χ4v) is 6.23. The highest BCUT2D eigenvalue weighted by Gasteiger charge is 2.32. The minimum absolute atomic E-state index is 0.125. The van der Waals surface area contributed by atoms with Gasteiger partial charge in [-0.1, -0.05) is 31.2 Å². The van der Waals surface area contributed by atoms with Gasteiger partial charge in [-0.05, 0) is 41.1 Å². The number of ether oxygens (including phenoxy) is 1. The number of hydrogen-bond acceptors (Lipinski definition) is 5. The van der Waals surface area contributed by atoms with E-state index in [1.165, 1.54) is 4.41 Å². The van der Waals surface area contributed by atoms with Crippen LogP contribution >= 0.6 is 0 Å². The smallest absolute Gasteiger partial charge is 0.256 e. The van der Waals surface area contributed by atoms with Crippen LogP contribution in [0.5, 0.6) is 0 Å². The van der Waals surface area contributed by atoms with Crippen molar-refractivity contribution in [3.8, 4) is 11.3 Å². The van der Waals surface area contributed by atoms with Gasteiger partial charge in [0, 0.05) is 37.0 Å². The number of morpholine rings is 1. The summed E-state index contributed by atoms with van der Waals surface area (Å²) in [6, 6.07) is 12.8. The van der Waals surface area contributed by atoms with Crippen molar-refractivity contribution in [2.24, 2.45) is 0 Å². The lowest BCUT2D eigenvalue weighted by molar-refractivity contribution is -0.0417. The van der Waals surface area contributed by atoms with Crippen molar-refractivity contribution in [3.05, 3.63) is 63.9 Å². The van der Waals surface area contributed by atoms with Gasteiger partial charge < -0.3 is 9.72 Å². The third kappa shape index (κ3) is 3.40. The Balaban J connectivity index is 1.56. The van der Waals surface area contributed by atoms with Crippen molar-refractivity contribution in [1.82, 2.24) is 14.4 Å². The van der Waals surface area contributed by atoms with Crippen molar-refractivity contribution >= 4 is 20.8 Å². The summed E-state index contributed by atoms with van der Waals surface area (Å²) < 4.78 is 34.0. The predicted octanol–water partition coefficient (Wildman–Crippen LogP) is 2.75. The number of H-pyrrole nitrogens is 1. The Kier molecular flexibility index (Phi) is 5.18.